The number of ketones is 2. The molecule has 0 radical (unpaired) electrons. The largest absolute Gasteiger partial charge is 0.482 e. The van der Waals surface area contributed by atoms with Gasteiger partial charge in [0.25, 0.3) is 5.91 Å². The van der Waals surface area contributed by atoms with E-state index in [0.717, 1.165) is 0 Å². The second-order valence-corrected chi connectivity index (χ2v) is 5.92. The summed E-state index contributed by atoms with van der Waals surface area (Å²) in [5, 5.41) is 5.24. The van der Waals surface area contributed by atoms with E-state index in [1.165, 1.54) is 26.8 Å². The van der Waals surface area contributed by atoms with Crippen molar-refractivity contribution in [1.29, 1.82) is 0 Å². The zero-order valence-corrected chi connectivity index (χ0v) is 15.3. The van der Waals surface area contributed by atoms with Crippen molar-refractivity contribution in [1.82, 2.24) is 0 Å². The number of amides is 2. The number of nitrogens with one attached hydrogen (secondary N) is 2. The summed E-state index contributed by atoms with van der Waals surface area (Å²) in [6.07, 6.45) is 0. The van der Waals surface area contributed by atoms with E-state index in [2.05, 4.69) is 10.6 Å². The number of hydrogen-bond acceptors (Lipinski definition) is 5. The molecule has 2 amide bonds. The molecule has 0 bridgehead atoms. The zero-order valence-electron chi connectivity index (χ0n) is 15.3. The van der Waals surface area contributed by atoms with Crippen LogP contribution in [0.1, 0.15) is 41.5 Å². The van der Waals surface area contributed by atoms with Gasteiger partial charge in [0, 0.05) is 23.7 Å². The van der Waals surface area contributed by atoms with Crippen LogP contribution in [0, 0.1) is 0 Å². The first-order chi connectivity index (χ1) is 12.8. The SMILES string of the molecule is CC(=O)Nc1ccc(C(C)=O)cc1OCC(=O)Nc1ccc(C(C)=O)cc1. The third-order valence-corrected chi connectivity index (χ3v) is 3.63. The molecule has 0 unspecified atom stereocenters. The molecular weight excluding hydrogens is 348 g/mol. The second kappa shape index (κ2) is 8.75. The number of carbonyl (C=O) groups excluding carboxylic acids is 4. The molecule has 7 nitrogen and oxygen atoms in total. The molecule has 0 spiro atoms. The molecule has 140 valence electrons. The second-order valence-electron chi connectivity index (χ2n) is 5.92. The third-order valence-electron chi connectivity index (χ3n) is 3.63. The normalized spacial score (nSPS) is 10.0. The van der Waals surface area contributed by atoms with Crippen molar-refractivity contribution in [2.75, 3.05) is 17.2 Å². The van der Waals surface area contributed by atoms with Crippen LogP contribution in [0.15, 0.2) is 42.5 Å². The summed E-state index contributed by atoms with van der Waals surface area (Å²) < 4.78 is 5.49. The molecular formula is C20H20N2O5. The van der Waals surface area contributed by atoms with Crippen molar-refractivity contribution in [2.45, 2.75) is 20.8 Å². The highest BCUT2D eigenvalue weighted by molar-refractivity contribution is 5.97. The van der Waals surface area contributed by atoms with Gasteiger partial charge in [-0.15, -0.1) is 0 Å². The summed E-state index contributed by atoms with van der Waals surface area (Å²) >= 11 is 0. The van der Waals surface area contributed by atoms with Crippen molar-refractivity contribution in [3.63, 3.8) is 0 Å². The first kappa shape index (κ1) is 19.8. The molecule has 0 atom stereocenters. The number of Topliss-reactive ketones (excluding diaryl/α,β-unsaturated/α-hetero) is 2. The molecule has 0 saturated heterocycles. The Labute approximate surface area is 156 Å². The third kappa shape index (κ3) is 5.78. The zero-order chi connectivity index (χ0) is 20.0. The van der Waals surface area contributed by atoms with Crippen LogP contribution < -0.4 is 15.4 Å². The Bertz CT molecular complexity index is 888. The fourth-order valence-electron chi connectivity index (χ4n) is 2.28. The summed E-state index contributed by atoms with van der Waals surface area (Å²) in [6, 6.07) is 11.1. The van der Waals surface area contributed by atoms with Crippen LogP contribution in [0.4, 0.5) is 11.4 Å². The number of benzene rings is 2. The summed E-state index contributed by atoms with van der Waals surface area (Å²) in [4.78, 5) is 46.2. The predicted molar refractivity (Wildman–Crippen MR) is 101 cm³/mol. The van der Waals surface area contributed by atoms with Crippen LogP contribution in [0.5, 0.6) is 5.75 Å². The van der Waals surface area contributed by atoms with Gasteiger partial charge in [0.15, 0.2) is 18.2 Å². The van der Waals surface area contributed by atoms with Crippen LogP contribution in [0.2, 0.25) is 0 Å². The highest BCUT2D eigenvalue weighted by Crippen LogP contribution is 2.26. The van der Waals surface area contributed by atoms with Gasteiger partial charge in [0.05, 0.1) is 5.69 Å². The van der Waals surface area contributed by atoms with E-state index >= 15 is 0 Å². The minimum atomic E-state index is -0.424. The standard InChI is InChI=1S/C20H20N2O5/c1-12(23)15-4-7-17(8-5-15)22-20(26)11-27-19-10-16(13(2)24)6-9-18(19)21-14(3)25/h4-10H,11H2,1-3H3,(H,21,25)(H,22,26). The molecule has 0 saturated carbocycles. The molecule has 0 fully saturated rings. The van der Waals surface area contributed by atoms with E-state index < -0.39 is 5.91 Å². The van der Waals surface area contributed by atoms with Crippen LogP contribution in [0.3, 0.4) is 0 Å². The Hall–Kier alpha value is -3.48. The lowest BCUT2D eigenvalue weighted by atomic mass is 10.1. The number of rotatable bonds is 7. The quantitative estimate of drug-likeness (QED) is 0.732. The number of hydrogen-bond donors (Lipinski definition) is 2. The molecule has 2 aromatic rings. The summed E-state index contributed by atoms with van der Waals surface area (Å²) in [6.45, 7) is 3.90. The van der Waals surface area contributed by atoms with Crippen molar-refractivity contribution < 1.29 is 23.9 Å². The van der Waals surface area contributed by atoms with E-state index in [1.807, 2.05) is 0 Å². The Balaban J connectivity index is 2.06. The average molecular weight is 368 g/mol. The minimum absolute atomic E-state index is 0.0629. The van der Waals surface area contributed by atoms with E-state index in [4.69, 9.17) is 4.74 Å². The topological polar surface area (TPSA) is 102 Å². The molecule has 0 aromatic heterocycles. The van der Waals surface area contributed by atoms with E-state index in [0.29, 0.717) is 22.5 Å². The molecule has 27 heavy (non-hydrogen) atoms. The maximum absolute atomic E-state index is 12.1. The molecule has 0 aliphatic heterocycles. The first-order valence-corrected chi connectivity index (χ1v) is 8.22. The molecule has 2 rings (SSSR count). The number of anilines is 2. The minimum Gasteiger partial charge on any atom is -0.482 e. The maximum Gasteiger partial charge on any atom is 0.262 e. The lowest BCUT2D eigenvalue weighted by molar-refractivity contribution is -0.118. The summed E-state index contributed by atoms with van der Waals surface area (Å²) in [7, 11) is 0. The predicted octanol–water partition coefficient (Wildman–Crippen LogP) is 3.07. The number of carbonyl (C=O) groups is 4. The van der Waals surface area contributed by atoms with E-state index in [-0.39, 0.29) is 29.8 Å². The van der Waals surface area contributed by atoms with Gasteiger partial charge in [-0.05, 0) is 56.3 Å². The van der Waals surface area contributed by atoms with Gasteiger partial charge in [-0.3, -0.25) is 19.2 Å². The Morgan fingerprint density at radius 1 is 0.815 bits per heavy atom. The Kier molecular flexibility index (Phi) is 6.43. The fraction of sp³-hybridized carbons (Fsp3) is 0.200. The van der Waals surface area contributed by atoms with Gasteiger partial charge >= 0.3 is 0 Å². The van der Waals surface area contributed by atoms with Crippen LogP contribution >= 0.6 is 0 Å². The van der Waals surface area contributed by atoms with Gasteiger partial charge in [0.1, 0.15) is 5.75 Å². The van der Waals surface area contributed by atoms with Crippen LogP contribution in [-0.4, -0.2) is 30.0 Å². The molecule has 2 aromatic carbocycles. The van der Waals surface area contributed by atoms with Crippen molar-refractivity contribution in [3.05, 3.63) is 53.6 Å². The van der Waals surface area contributed by atoms with Crippen molar-refractivity contribution in [2.24, 2.45) is 0 Å². The lowest BCUT2D eigenvalue weighted by Crippen LogP contribution is -2.21. The van der Waals surface area contributed by atoms with Gasteiger partial charge < -0.3 is 15.4 Å². The molecule has 0 aliphatic rings. The van der Waals surface area contributed by atoms with E-state index in [9.17, 15) is 19.2 Å². The maximum atomic E-state index is 12.1. The van der Waals surface area contributed by atoms with Crippen LogP contribution in [0.25, 0.3) is 0 Å². The van der Waals surface area contributed by atoms with Crippen molar-refractivity contribution in [3.8, 4) is 5.75 Å². The molecule has 0 heterocycles. The Morgan fingerprint density at radius 2 is 1.41 bits per heavy atom. The first-order valence-electron chi connectivity index (χ1n) is 8.22. The van der Waals surface area contributed by atoms with Gasteiger partial charge in [-0.2, -0.15) is 0 Å². The Morgan fingerprint density at radius 3 is 1.96 bits per heavy atom. The summed E-state index contributed by atoms with van der Waals surface area (Å²) in [5.74, 6) is -0.728. The smallest absolute Gasteiger partial charge is 0.262 e. The number of ether oxygens (including phenoxy) is 1. The summed E-state index contributed by atoms with van der Waals surface area (Å²) in [5.41, 5.74) is 1.84. The monoisotopic (exact) mass is 368 g/mol. The molecule has 2 N–H and O–H groups in total. The highest BCUT2D eigenvalue weighted by Gasteiger charge is 2.12. The van der Waals surface area contributed by atoms with Crippen molar-refractivity contribution >= 4 is 34.8 Å². The molecule has 7 heteroatoms. The van der Waals surface area contributed by atoms with Gasteiger partial charge in [0.2, 0.25) is 5.91 Å². The lowest BCUT2D eigenvalue weighted by Gasteiger charge is -2.13. The van der Waals surface area contributed by atoms with Gasteiger partial charge in [-0.1, -0.05) is 0 Å². The fourth-order valence-corrected chi connectivity index (χ4v) is 2.28. The van der Waals surface area contributed by atoms with Gasteiger partial charge in [-0.25, -0.2) is 0 Å². The highest BCUT2D eigenvalue weighted by atomic mass is 16.5. The molecule has 0 aliphatic carbocycles. The van der Waals surface area contributed by atoms with Crippen LogP contribution in [-0.2, 0) is 9.59 Å². The average Bonchev–Trinajstić information content (AvgIpc) is 2.60. The van der Waals surface area contributed by atoms with E-state index in [1.54, 1.807) is 36.4 Å².